The van der Waals surface area contributed by atoms with Crippen molar-refractivity contribution < 1.29 is 0 Å². The average Bonchev–Trinajstić information content (AvgIpc) is 3.02. The van der Waals surface area contributed by atoms with E-state index in [1.165, 1.54) is 24.1 Å². The van der Waals surface area contributed by atoms with Gasteiger partial charge in [0.15, 0.2) is 0 Å². The normalized spacial score (nSPS) is 19.5. The van der Waals surface area contributed by atoms with E-state index in [9.17, 15) is 0 Å². The van der Waals surface area contributed by atoms with Crippen LogP contribution in [-0.2, 0) is 18.6 Å². The Morgan fingerprint density at radius 3 is 2.39 bits per heavy atom. The summed E-state index contributed by atoms with van der Waals surface area (Å²) in [7, 11) is 0. The summed E-state index contributed by atoms with van der Waals surface area (Å²) in [5.41, 5.74) is 3.17. The standard InChI is InChI=1S/C18H23N3.2ClH/c1-2-5-16(6-3-1)15-21-14-13-20-12-4-7-17(20)18(21)8-10-19-11-9-18;;/h1-7,12,19H,8-11,13-15H2;2*1H. The Hall–Kier alpha value is -1.00. The van der Waals surface area contributed by atoms with Crippen LogP contribution in [0.25, 0.3) is 0 Å². The number of hydrogen-bond acceptors (Lipinski definition) is 2. The molecule has 2 aliphatic heterocycles. The maximum absolute atomic E-state index is 3.53. The van der Waals surface area contributed by atoms with Gasteiger partial charge in [-0.1, -0.05) is 30.3 Å². The number of nitrogens with zero attached hydrogens (tertiary/aromatic N) is 2. The van der Waals surface area contributed by atoms with Crippen molar-refractivity contribution >= 4 is 24.8 Å². The summed E-state index contributed by atoms with van der Waals surface area (Å²) >= 11 is 0. The van der Waals surface area contributed by atoms with Crippen LogP contribution < -0.4 is 5.32 Å². The zero-order valence-corrected chi connectivity index (χ0v) is 14.9. The fraction of sp³-hybridized carbons (Fsp3) is 0.444. The van der Waals surface area contributed by atoms with Crippen LogP contribution in [0, 0.1) is 0 Å². The Kier molecular flexibility index (Phi) is 6.15. The fourth-order valence-electron chi connectivity index (χ4n) is 4.08. The first-order valence-electron chi connectivity index (χ1n) is 8.04. The van der Waals surface area contributed by atoms with E-state index in [0.29, 0.717) is 0 Å². The maximum atomic E-state index is 3.53. The number of halogens is 2. The number of rotatable bonds is 2. The molecule has 1 aromatic heterocycles. The lowest BCUT2D eigenvalue weighted by Gasteiger charge is -2.50. The van der Waals surface area contributed by atoms with E-state index in [-0.39, 0.29) is 30.4 Å². The first-order valence-corrected chi connectivity index (χ1v) is 8.04. The Balaban J connectivity index is 0.000000960. The molecule has 1 spiro atoms. The molecule has 0 radical (unpaired) electrons. The van der Waals surface area contributed by atoms with E-state index in [1.54, 1.807) is 0 Å². The Bertz CT molecular complexity index is 606. The lowest BCUT2D eigenvalue weighted by molar-refractivity contribution is 0.0167. The van der Waals surface area contributed by atoms with Crippen molar-refractivity contribution in [1.29, 1.82) is 0 Å². The average molecular weight is 354 g/mol. The third-order valence-corrected chi connectivity index (χ3v) is 5.17. The van der Waals surface area contributed by atoms with Gasteiger partial charge in [-0.3, -0.25) is 4.90 Å². The van der Waals surface area contributed by atoms with Crippen molar-refractivity contribution in [1.82, 2.24) is 14.8 Å². The van der Waals surface area contributed by atoms with Gasteiger partial charge < -0.3 is 9.88 Å². The minimum Gasteiger partial charge on any atom is -0.348 e. The molecule has 1 saturated heterocycles. The number of nitrogens with one attached hydrogen (secondary N) is 1. The van der Waals surface area contributed by atoms with Crippen LogP contribution in [0.1, 0.15) is 24.1 Å². The molecular weight excluding hydrogens is 329 g/mol. The van der Waals surface area contributed by atoms with Gasteiger partial charge >= 0.3 is 0 Å². The molecule has 0 aliphatic carbocycles. The monoisotopic (exact) mass is 353 g/mol. The summed E-state index contributed by atoms with van der Waals surface area (Å²) in [5.74, 6) is 0. The first-order chi connectivity index (χ1) is 10.4. The Labute approximate surface area is 150 Å². The molecule has 1 aromatic carbocycles. The van der Waals surface area contributed by atoms with Crippen LogP contribution in [0.5, 0.6) is 0 Å². The van der Waals surface area contributed by atoms with Gasteiger partial charge in [-0.05, 0) is 43.6 Å². The Morgan fingerprint density at radius 1 is 0.913 bits per heavy atom. The summed E-state index contributed by atoms with van der Waals surface area (Å²) in [6.07, 6.45) is 4.67. The molecule has 2 aliphatic rings. The van der Waals surface area contributed by atoms with Crippen molar-refractivity contribution in [3.05, 3.63) is 59.9 Å². The van der Waals surface area contributed by atoms with Crippen LogP contribution in [-0.4, -0.2) is 29.1 Å². The smallest absolute Gasteiger partial charge is 0.0641 e. The second-order valence-electron chi connectivity index (χ2n) is 6.28. The highest BCUT2D eigenvalue weighted by Crippen LogP contribution is 2.40. The Morgan fingerprint density at radius 2 is 1.65 bits per heavy atom. The molecular formula is C18H25Cl2N3. The van der Waals surface area contributed by atoms with Crippen molar-refractivity contribution in [3.8, 4) is 0 Å². The van der Waals surface area contributed by atoms with Gasteiger partial charge in [-0.2, -0.15) is 0 Å². The molecule has 0 bridgehead atoms. The van der Waals surface area contributed by atoms with E-state index >= 15 is 0 Å². The van der Waals surface area contributed by atoms with E-state index < -0.39 is 0 Å². The molecule has 0 saturated carbocycles. The van der Waals surface area contributed by atoms with Crippen LogP contribution in [0.2, 0.25) is 0 Å². The second kappa shape index (κ2) is 7.71. The highest BCUT2D eigenvalue weighted by atomic mass is 35.5. The van der Waals surface area contributed by atoms with Crippen molar-refractivity contribution in [3.63, 3.8) is 0 Å². The molecule has 4 rings (SSSR count). The molecule has 0 atom stereocenters. The predicted octanol–water partition coefficient (Wildman–Crippen LogP) is 3.43. The quantitative estimate of drug-likeness (QED) is 0.892. The van der Waals surface area contributed by atoms with E-state index in [0.717, 1.165) is 32.7 Å². The molecule has 0 amide bonds. The van der Waals surface area contributed by atoms with Crippen LogP contribution in [0.4, 0.5) is 0 Å². The summed E-state index contributed by atoms with van der Waals surface area (Å²) in [4.78, 5) is 2.72. The van der Waals surface area contributed by atoms with Crippen LogP contribution >= 0.6 is 24.8 Å². The topological polar surface area (TPSA) is 20.2 Å². The minimum absolute atomic E-state index is 0. The number of aromatic nitrogens is 1. The first kappa shape index (κ1) is 18.3. The van der Waals surface area contributed by atoms with Crippen molar-refractivity contribution in [2.24, 2.45) is 0 Å². The lowest BCUT2D eigenvalue weighted by atomic mass is 9.81. The molecule has 2 aromatic rings. The molecule has 1 fully saturated rings. The fourth-order valence-corrected chi connectivity index (χ4v) is 4.08. The van der Waals surface area contributed by atoms with E-state index in [1.807, 2.05) is 0 Å². The van der Waals surface area contributed by atoms with Crippen molar-refractivity contribution in [2.45, 2.75) is 31.5 Å². The molecule has 3 heterocycles. The van der Waals surface area contributed by atoms with E-state index in [2.05, 4.69) is 63.4 Å². The summed E-state index contributed by atoms with van der Waals surface area (Å²) in [6.45, 7) is 5.57. The number of piperidine rings is 1. The zero-order valence-electron chi connectivity index (χ0n) is 13.3. The molecule has 23 heavy (non-hydrogen) atoms. The maximum Gasteiger partial charge on any atom is 0.0641 e. The lowest BCUT2D eigenvalue weighted by Crippen LogP contribution is -2.56. The third-order valence-electron chi connectivity index (χ3n) is 5.17. The molecule has 0 unspecified atom stereocenters. The highest BCUT2D eigenvalue weighted by Gasteiger charge is 2.43. The third kappa shape index (κ3) is 3.29. The van der Waals surface area contributed by atoms with Crippen LogP contribution in [0.3, 0.4) is 0 Å². The molecule has 3 nitrogen and oxygen atoms in total. The van der Waals surface area contributed by atoms with Gasteiger partial charge in [0.2, 0.25) is 0 Å². The molecule has 1 N–H and O–H groups in total. The van der Waals surface area contributed by atoms with Crippen LogP contribution in [0.15, 0.2) is 48.7 Å². The SMILES string of the molecule is Cl.Cl.c1ccc(CN2CCn3cccc3C23CCNCC3)cc1. The van der Waals surface area contributed by atoms with Gasteiger partial charge in [-0.25, -0.2) is 0 Å². The summed E-state index contributed by atoms with van der Waals surface area (Å²) in [6, 6.07) is 15.5. The van der Waals surface area contributed by atoms with Gasteiger partial charge in [0.25, 0.3) is 0 Å². The summed E-state index contributed by atoms with van der Waals surface area (Å²) < 4.78 is 2.47. The summed E-state index contributed by atoms with van der Waals surface area (Å²) in [5, 5.41) is 3.53. The van der Waals surface area contributed by atoms with Crippen molar-refractivity contribution in [2.75, 3.05) is 19.6 Å². The number of hydrogen-bond donors (Lipinski definition) is 1. The number of benzene rings is 1. The van der Waals surface area contributed by atoms with E-state index in [4.69, 9.17) is 0 Å². The molecule has 5 heteroatoms. The van der Waals surface area contributed by atoms with Gasteiger partial charge in [0.1, 0.15) is 0 Å². The molecule has 126 valence electrons. The van der Waals surface area contributed by atoms with Gasteiger partial charge in [0.05, 0.1) is 5.54 Å². The second-order valence-corrected chi connectivity index (χ2v) is 6.28. The predicted molar refractivity (Wildman–Crippen MR) is 99.6 cm³/mol. The highest BCUT2D eigenvalue weighted by molar-refractivity contribution is 5.85. The zero-order chi connectivity index (χ0) is 14.1. The largest absolute Gasteiger partial charge is 0.348 e. The number of fused-ring (bicyclic) bond motifs is 2. The minimum atomic E-state index is 0. The van der Waals surface area contributed by atoms with Gasteiger partial charge in [0, 0.05) is 31.5 Å². The van der Waals surface area contributed by atoms with Gasteiger partial charge in [-0.15, -0.1) is 24.8 Å².